The molecule has 1 aromatic rings. The first-order valence-corrected chi connectivity index (χ1v) is 10.8. The lowest BCUT2D eigenvalue weighted by Crippen LogP contribution is -2.37. The predicted molar refractivity (Wildman–Crippen MR) is 105 cm³/mol. The summed E-state index contributed by atoms with van der Waals surface area (Å²) in [6.07, 6.45) is 10.7. The molecule has 4 nitrogen and oxygen atoms in total. The van der Waals surface area contributed by atoms with Crippen LogP contribution in [0.4, 0.5) is 0 Å². The molecule has 2 aliphatic carbocycles. The maximum Gasteiger partial charge on any atom is 0.223 e. The highest BCUT2D eigenvalue weighted by molar-refractivity contribution is 5.82. The minimum Gasteiger partial charge on any atom is -0.356 e. The van der Waals surface area contributed by atoms with Crippen LogP contribution in [0.5, 0.6) is 0 Å². The normalized spacial score (nSPS) is 27.9. The number of rotatable bonds is 7. The molecule has 0 spiro atoms. The first kappa shape index (κ1) is 18.9. The van der Waals surface area contributed by atoms with Gasteiger partial charge in [0.1, 0.15) is 0 Å². The van der Waals surface area contributed by atoms with Crippen molar-refractivity contribution in [3.8, 4) is 0 Å². The summed E-state index contributed by atoms with van der Waals surface area (Å²) in [5.41, 5.74) is 1.45. The first-order chi connectivity index (χ1) is 13.3. The average Bonchev–Trinajstić information content (AvgIpc) is 3.39. The molecule has 2 saturated carbocycles. The number of hydrogen-bond donors (Lipinski definition) is 1. The molecule has 4 heteroatoms. The summed E-state index contributed by atoms with van der Waals surface area (Å²) < 4.78 is 11.9. The molecule has 148 valence electrons. The van der Waals surface area contributed by atoms with E-state index in [1.165, 1.54) is 44.1 Å². The molecule has 1 amide bonds. The molecule has 1 aliphatic heterocycles. The van der Waals surface area contributed by atoms with Crippen molar-refractivity contribution in [3.63, 3.8) is 0 Å². The van der Waals surface area contributed by atoms with Crippen LogP contribution in [0.15, 0.2) is 30.3 Å². The number of benzene rings is 1. The van der Waals surface area contributed by atoms with E-state index in [-0.39, 0.29) is 23.5 Å². The van der Waals surface area contributed by atoms with E-state index >= 15 is 0 Å². The van der Waals surface area contributed by atoms with Crippen molar-refractivity contribution < 1.29 is 14.3 Å². The van der Waals surface area contributed by atoms with E-state index in [1.807, 2.05) is 6.07 Å². The fourth-order valence-electron chi connectivity index (χ4n) is 5.08. The molecular weight excluding hydrogens is 338 g/mol. The SMILES string of the molecule is O=C(NCCCC1(C2OCCO2)CCCCCC1)[C@@H]1C[C@H]1c1ccccc1. The minimum atomic E-state index is -0.0304. The highest BCUT2D eigenvalue weighted by Gasteiger charge is 2.44. The lowest BCUT2D eigenvalue weighted by atomic mass is 9.75. The molecule has 2 atom stereocenters. The van der Waals surface area contributed by atoms with Crippen molar-refractivity contribution >= 4 is 5.91 Å². The average molecular weight is 372 g/mol. The Bertz CT molecular complexity index is 603. The second kappa shape index (κ2) is 8.74. The van der Waals surface area contributed by atoms with Crippen LogP contribution in [0.25, 0.3) is 0 Å². The molecule has 0 aromatic heterocycles. The molecule has 27 heavy (non-hydrogen) atoms. The lowest BCUT2D eigenvalue weighted by molar-refractivity contribution is -0.143. The predicted octanol–water partition coefficient (Wildman–Crippen LogP) is 4.40. The van der Waals surface area contributed by atoms with Crippen LogP contribution in [0, 0.1) is 11.3 Å². The Balaban J connectivity index is 1.24. The summed E-state index contributed by atoms with van der Waals surface area (Å²) in [7, 11) is 0. The largest absolute Gasteiger partial charge is 0.356 e. The van der Waals surface area contributed by atoms with Crippen LogP contribution in [-0.2, 0) is 14.3 Å². The molecule has 0 unspecified atom stereocenters. The van der Waals surface area contributed by atoms with Gasteiger partial charge in [0.25, 0.3) is 0 Å². The van der Waals surface area contributed by atoms with Crippen LogP contribution in [0.1, 0.15) is 69.3 Å². The van der Waals surface area contributed by atoms with Gasteiger partial charge in [-0.05, 0) is 43.6 Å². The molecule has 1 heterocycles. The van der Waals surface area contributed by atoms with Gasteiger partial charge in [0.2, 0.25) is 5.91 Å². The second-order valence-electron chi connectivity index (χ2n) is 8.60. The Hall–Kier alpha value is -1.39. The third kappa shape index (κ3) is 4.55. The Morgan fingerprint density at radius 1 is 1.04 bits per heavy atom. The smallest absolute Gasteiger partial charge is 0.223 e. The molecule has 0 bridgehead atoms. The number of amides is 1. The van der Waals surface area contributed by atoms with Crippen molar-refractivity contribution in [2.75, 3.05) is 19.8 Å². The summed E-state index contributed by atoms with van der Waals surface area (Å²) >= 11 is 0. The number of carbonyl (C=O) groups excluding carboxylic acids is 1. The Kier molecular flexibility index (Phi) is 6.14. The molecule has 1 aromatic carbocycles. The fraction of sp³-hybridized carbons (Fsp3) is 0.696. The summed E-state index contributed by atoms with van der Waals surface area (Å²) in [6, 6.07) is 10.4. The van der Waals surface area contributed by atoms with Gasteiger partial charge in [-0.1, -0.05) is 56.0 Å². The molecule has 0 radical (unpaired) electrons. The van der Waals surface area contributed by atoms with Crippen molar-refractivity contribution in [2.45, 2.75) is 70.0 Å². The van der Waals surface area contributed by atoms with E-state index in [1.54, 1.807) is 0 Å². The summed E-state index contributed by atoms with van der Waals surface area (Å²) in [5, 5.41) is 3.19. The molecule has 1 N–H and O–H groups in total. The van der Waals surface area contributed by atoms with Crippen molar-refractivity contribution in [3.05, 3.63) is 35.9 Å². The second-order valence-corrected chi connectivity index (χ2v) is 8.60. The molecule has 1 saturated heterocycles. The zero-order chi connectivity index (χ0) is 18.5. The molecular formula is C23H33NO3. The van der Waals surface area contributed by atoms with Gasteiger partial charge < -0.3 is 14.8 Å². The van der Waals surface area contributed by atoms with Gasteiger partial charge in [-0.2, -0.15) is 0 Å². The third-order valence-electron chi connectivity index (χ3n) is 6.73. The maximum absolute atomic E-state index is 12.5. The van der Waals surface area contributed by atoms with Gasteiger partial charge in [-0.3, -0.25) is 4.79 Å². The first-order valence-electron chi connectivity index (χ1n) is 10.8. The molecule has 4 rings (SSSR count). The van der Waals surface area contributed by atoms with Crippen LogP contribution in [0.2, 0.25) is 0 Å². The quantitative estimate of drug-likeness (QED) is 0.571. The zero-order valence-electron chi connectivity index (χ0n) is 16.3. The maximum atomic E-state index is 12.5. The van der Waals surface area contributed by atoms with Crippen LogP contribution >= 0.6 is 0 Å². The third-order valence-corrected chi connectivity index (χ3v) is 6.73. The van der Waals surface area contributed by atoms with Crippen molar-refractivity contribution in [1.82, 2.24) is 5.32 Å². The van der Waals surface area contributed by atoms with Gasteiger partial charge in [0.15, 0.2) is 6.29 Å². The topological polar surface area (TPSA) is 47.6 Å². The Morgan fingerprint density at radius 2 is 1.74 bits per heavy atom. The zero-order valence-corrected chi connectivity index (χ0v) is 16.3. The van der Waals surface area contributed by atoms with Crippen LogP contribution < -0.4 is 5.32 Å². The van der Waals surface area contributed by atoms with Gasteiger partial charge in [-0.15, -0.1) is 0 Å². The Morgan fingerprint density at radius 3 is 2.44 bits per heavy atom. The number of hydrogen-bond acceptors (Lipinski definition) is 3. The lowest BCUT2D eigenvalue weighted by Gasteiger charge is -2.37. The van der Waals surface area contributed by atoms with Crippen LogP contribution in [-0.4, -0.2) is 32.0 Å². The van der Waals surface area contributed by atoms with E-state index in [4.69, 9.17) is 9.47 Å². The molecule has 3 aliphatic rings. The van der Waals surface area contributed by atoms with Gasteiger partial charge in [-0.25, -0.2) is 0 Å². The summed E-state index contributed by atoms with van der Waals surface area (Å²) in [6.45, 7) is 2.22. The Labute approximate surface area is 163 Å². The number of carbonyl (C=O) groups is 1. The monoisotopic (exact) mass is 371 g/mol. The van der Waals surface area contributed by atoms with Gasteiger partial charge in [0.05, 0.1) is 13.2 Å². The van der Waals surface area contributed by atoms with Gasteiger partial charge in [0, 0.05) is 17.9 Å². The number of nitrogens with one attached hydrogen (secondary N) is 1. The molecule has 3 fully saturated rings. The standard InChI is InChI=1S/C23H33NO3/c25-21(20-17-19(20)18-9-4-3-5-10-18)24-14-8-13-23(22-26-15-16-27-22)11-6-1-2-7-12-23/h3-5,9-10,19-20,22H,1-2,6-8,11-17H2,(H,24,25)/t19-,20+/m0/s1. The van der Waals surface area contributed by atoms with E-state index < -0.39 is 0 Å². The van der Waals surface area contributed by atoms with Crippen LogP contribution in [0.3, 0.4) is 0 Å². The van der Waals surface area contributed by atoms with E-state index in [0.717, 1.165) is 39.0 Å². The number of ether oxygens (including phenoxy) is 2. The minimum absolute atomic E-state index is 0.0304. The van der Waals surface area contributed by atoms with E-state index in [0.29, 0.717) is 5.92 Å². The van der Waals surface area contributed by atoms with E-state index in [2.05, 4.69) is 29.6 Å². The van der Waals surface area contributed by atoms with E-state index in [9.17, 15) is 4.79 Å². The highest BCUT2D eigenvalue weighted by Crippen LogP contribution is 2.47. The van der Waals surface area contributed by atoms with Gasteiger partial charge >= 0.3 is 0 Å². The fourth-order valence-corrected chi connectivity index (χ4v) is 5.08. The van der Waals surface area contributed by atoms with Crippen molar-refractivity contribution in [1.29, 1.82) is 0 Å². The summed E-state index contributed by atoms with van der Waals surface area (Å²) in [5.74, 6) is 0.813. The van der Waals surface area contributed by atoms with Crippen molar-refractivity contribution in [2.24, 2.45) is 11.3 Å². The highest BCUT2D eigenvalue weighted by atomic mass is 16.7. The summed E-state index contributed by atoms with van der Waals surface area (Å²) in [4.78, 5) is 12.5.